The van der Waals surface area contributed by atoms with E-state index in [2.05, 4.69) is 10.4 Å². The van der Waals surface area contributed by atoms with E-state index >= 15 is 0 Å². The van der Waals surface area contributed by atoms with Crippen molar-refractivity contribution in [1.29, 1.82) is 0 Å². The van der Waals surface area contributed by atoms with Crippen molar-refractivity contribution in [3.63, 3.8) is 0 Å². The smallest absolute Gasteiger partial charge is 0.305 e. The number of carbonyl (C=O) groups is 2. The van der Waals surface area contributed by atoms with Gasteiger partial charge in [-0.05, 0) is 29.8 Å². The summed E-state index contributed by atoms with van der Waals surface area (Å²) in [6.07, 6.45) is -0.447. The zero-order chi connectivity index (χ0) is 20.3. The topological polar surface area (TPSA) is 104 Å². The van der Waals surface area contributed by atoms with Crippen LogP contribution in [0.15, 0.2) is 54.6 Å². The fraction of sp³-hybridized carbons (Fsp3) is 0.105. The number of carbonyl (C=O) groups excluding carboxylic acids is 1. The Morgan fingerprint density at radius 2 is 1.79 bits per heavy atom. The maximum Gasteiger partial charge on any atom is 0.305 e. The third kappa shape index (κ3) is 4.14. The predicted octanol–water partition coefficient (Wildman–Crippen LogP) is 2.80. The number of rotatable bonds is 6. The SMILES string of the molecule is O=C(O)C[C@H](NC(=O)c1cc(O)n(-c2ccccc2F)n1)c1ccc(F)cc1. The molecule has 3 N–H and O–H groups in total. The summed E-state index contributed by atoms with van der Waals surface area (Å²) in [6, 6.07) is 10.6. The monoisotopic (exact) mass is 387 g/mol. The first-order valence-electron chi connectivity index (χ1n) is 8.17. The van der Waals surface area contributed by atoms with Crippen LogP contribution in [0.25, 0.3) is 5.69 Å². The highest BCUT2D eigenvalue weighted by Gasteiger charge is 2.22. The Hall–Kier alpha value is -3.75. The number of hydrogen-bond acceptors (Lipinski definition) is 4. The van der Waals surface area contributed by atoms with E-state index in [0.717, 1.165) is 22.9 Å². The van der Waals surface area contributed by atoms with Gasteiger partial charge in [-0.1, -0.05) is 24.3 Å². The molecule has 2 aromatic carbocycles. The zero-order valence-electron chi connectivity index (χ0n) is 14.3. The van der Waals surface area contributed by atoms with Crippen LogP contribution in [0.4, 0.5) is 8.78 Å². The van der Waals surface area contributed by atoms with Gasteiger partial charge in [0.25, 0.3) is 5.91 Å². The van der Waals surface area contributed by atoms with E-state index in [0.29, 0.717) is 5.56 Å². The van der Waals surface area contributed by atoms with Crippen molar-refractivity contribution in [3.8, 4) is 11.6 Å². The van der Waals surface area contributed by atoms with Crippen LogP contribution in [0.3, 0.4) is 0 Å². The van der Waals surface area contributed by atoms with Crippen LogP contribution >= 0.6 is 0 Å². The minimum Gasteiger partial charge on any atom is -0.493 e. The van der Waals surface area contributed by atoms with E-state index in [9.17, 15) is 23.5 Å². The Morgan fingerprint density at radius 1 is 1.11 bits per heavy atom. The number of nitrogens with zero attached hydrogens (tertiary/aromatic N) is 2. The molecule has 0 radical (unpaired) electrons. The number of aromatic hydroxyl groups is 1. The molecule has 7 nitrogen and oxygen atoms in total. The predicted molar refractivity (Wildman–Crippen MR) is 94.0 cm³/mol. The fourth-order valence-electron chi connectivity index (χ4n) is 2.64. The van der Waals surface area contributed by atoms with Crippen molar-refractivity contribution >= 4 is 11.9 Å². The maximum atomic E-state index is 13.9. The van der Waals surface area contributed by atoms with E-state index in [1.165, 1.54) is 36.4 Å². The lowest BCUT2D eigenvalue weighted by Gasteiger charge is -2.16. The van der Waals surface area contributed by atoms with E-state index in [1.807, 2.05) is 0 Å². The summed E-state index contributed by atoms with van der Waals surface area (Å²) in [5.41, 5.74) is 0.0906. The number of aliphatic carboxylic acids is 1. The number of benzene rings is 2. The third-order valence-electron chi connectivity index (χ3n) is 3.96. The second kappa shape index (κ2) is 7.87. The number of nitrogens with one attached hydrogen (secondary N) is 1. The van der Waals surface area contributed by atoms with Gasteiger partial charge in [0, 0.05) is 6.07 Å². The van der Waals surface area contributed by atoms with Crippen LogP contribution in [0.2, 0.25) is 0 Å². The van der Waals surface area contributed by atoms with Crippen LogP contribution in [0, 0.1) is 11.6 Å². The fourth-order valence-corrected chi connectivity index (χ4v) is 2.64. The van der Waals surface area contributed by atoms with E-state index in [-0.39, 0.29) is 11.4 Å². The molecule has 0 aliphatic rings. The Kier molecular flexibility index (Phi) is 5.35. The van der Waals surface area contributed by atoms with Gasteiger partial charge in [-0.2, -0.15) is 9.78 Å². The van der Waals surface area contributed by atoms with Crippen LogP contribution < -0.4 is 5.32 Å². The number of halogens is 2. The lowest BCUT2D eigenvalue weighted by molar-refractivity contribution is -0.137. The second-order valence-corrected chi connectivity index (χ2v) is 5.93. The number of para-hydroxylation sites is 1. The molecule has 28 heavy (non-hydrogen) atoms. The molecule has 1 amide bonds. The molecule has 0 fully saturated rings. The molecular weight excluding hydrogens is 372 g/mol. The second-order valence-electron chi connectivity index (χ2n) is 5.93. The quantitative estimate of drug-likeness (QED) is 0.603. The summed E-state index contributed by atoms with van der Waals surface area (Å²) in [5.74, 6) is -3.57. The number of carboxylic acids is 1. The highest BCUT2D eigenvalue weighted by atomic mass is 19.1. The van der Waals surface area contributed by atoms with Crippen molar-refractivity contribution in [2.45, 2.75) is 12.5 Å². The summed E-state index contributed by atoms with van der Waals surface area (Å²) in [4.78, 5) is 23.6. The van der Waals surface area contributed by atoms with Crippen molar-refractivity contribution in [2.75, 3.05) is 0 Å². The third-order valence-corrected chi connectivity index (χ3v) is 3.96. The Morgan fingerprint density at radius 3 is 2.43 bits per heavy atom. The number of aromatic nitrogens is 2. The normalized spacial score (nSPS) is 11.8. The largest absolute Gasteiger partial charge is 0.493 e. The van der Waals surface area contributed by atoms with Gasteiger partial charge in [0.05, 0.1) is 12.5 Å². The molecule has 0 aliphatic heterocycles. The molecule has 9 heteroatoms. The van der Waals surface area contributed by atoms with Crippen molar-refractivity contribution in [3.05, 3.63) is 77.5 Å². The summed E-state index contributed by atoms with van der Waals surface area (Å²) >= 11 is 0. The lowest BCUT2D eigenvalue weighted by atomic mass is 10.0. The molecule has 1 atom stereocenters. The van der Waals surface area contributed by atoms with Crippen molar-refractivity contribution in [1.82, 2.24) is 15.1 Å². The van der Waals surface area contributed by atoms with Crippen LogP contribution in [-0.2, 0) is 4.79 Å². The van der Waals surface area contributed by atoms with E-state index < -0.39 is 41.9 Å². The minimum absolute atomic E-state index is 0.0559. The molecule has 0 spiro atoms. The zero-order valence-corrected chi connectivity index (χ0v) is 14.3. The van der Waals surface area contributed by atoms with Gasteiger partial charge >= 0.3 is 5.97 Å². The molecule has 1 aromatic heterocycles. The van der Waals surface area contributed by atoms with Gasteiger partial charge in [-0.25, -0.2) is 8.78 Å². The molecular formula is C19H15F2N3O4. The van der Waals surface area contributed by atoms with Gasteiger partial charge in [0.2, 0.25) is 5.88 Å². The first kappa shape index (κ1) is 19.0. The number of hydrogen-bond donors (Lipinski definition) is 3. The summed E-state index contributed by atoms with van der Waals surface area (Å²) < 4.78 is 27.9. The molecule has 0 unspecified atom stereocenters. The molecule has 0 saturated carbocycles. The first-order valence-corrected chi connectivity index (χ1v) is 8.17. The maximum absolute atomic E-state index is 13.9. The van der Waals surface area contributed by atoms with Gasteiger partial charge in [0.1, 0.15) is 17.3 Å². The highest BCUT2D eigenvalue weighted by molar-refractivity contribution is 5.93. The molecule has 0 aliphatic carbocycles. The van der Waals surface area contributed by atoms with Crippen LogP contribution in [0.1, 0.15) is 28.5 Å². The lowest BCUT2D eigenvalue weighted by Crippen LogP contribution is -2.30. The molecule has 3 aromatic rings. The Bertz CT molecular complexity index is 1020. The molecule has 144 valence electrons. The van der Waals surface area contributed by atoms with E-state index in [4.69, 9.17) is 5.11 Å². The van der Waals surface area contributed by atoms with Crippen LogP contribution in [0.5, 0.6) is 5.88 Å². The van der Waals surface area contributed by atoms with Gasteiger partial charge in [0.15, 0.2) is 5.69 Å². The van der Waals surface area contributed by atoms with Crippen molar-refractivity contribution < 1.29 is 28.6 Å². The van der Waals surface area contributed by atoms with Crippen LogP contribution in [-0.4, -0.2) is 31.9 Å². The van der Waals surface area contributed by atoms with E-state index in [1.54, 1.807) is 0 Å². The number of amides is 1. The average molecular weight is 387 g/mol. The standard InChI is InChI=1S/C19H15F2N3O4/c20-12-7-5-11(6-8-12)14(10-18(26)27)22-19(28)15-9-17(25)24(23-15)16-4-2-1-3-13(16)21/h1-9,14,25H,10H2,(H,22,28)(H,26,27)/t14-/m0/s1. The summed E-state index contributed by atoms with van der Waals surface area (Å²) in [6.45, 7) is 0. The highest BCUT2D eigenvalue weighted by Crippen LogP contribution is 2.22. The molecule has 0 saturated heterocycles. The summed E-state index contributed by atoms with van der Waals surface area (Å²) in [5, 5.41) is 25.5. The molecule has 0 bridgehead atoms. The summed E-state index contributed by atoms with van der Waals surface area (Å²) in [7, 11) is 0. The van der Waals surface area contributed by atoms with Crippen molar-refractivity contribution in [2.24, 2.45) is 0 Å². The number of carboxylic acid groups (broad SMARTS) is 1. The first-order chi connectivity index (χ1) is 13.3. The van der Waals surface area contributed by atoms with Gasteiger partial charge in [-0.15, -0.1) is 0 Å². The average Bonchev–Trinajstić information content (AvgIpc) is 3.03. The van der Waals surface area contributed by atoms with Gasteiger partial charge in [-0.3, -0.25) is 9.59 Å². The van der Waals surface area contributed by atoms with Gasteiger partial charge < -0.3 is 15.5 Å². The molecule has 1 heterocycles. The minimum atomic E-state index is -1.17. The Labute approximate surface area is 157 Å². The Balaban J connectivity index is 1.86. The molecule has 3 rings (SSSR count).